The molecule has 2 aromatic carbocycles. The summed E-state index contributed by atoms with van der Waals surface area (Å²) >= 11 is 4.14. The van der Waals surface area contributed by atoms with Crippen molar-refractivity contribution in [1.82, 2.24) is 9.55 Å². The number of nitrogens with one attached hydrogen (secondary N) is 1. The molecule has 0 saturated heterocycles. The van der Waals surface area contributed by atoms with Crippen LogP contribution in [0.2, 0.25) is 0 Å². The smallest absolute Gasteiger partial charge is 0.272 e. The highest BCUT2D eigenvalue weighted by atomic mass is 32.2. The van der Waals surface area contributed by atoms with E-state index in [-0.39, 0.29) is 29.6 Å². The number of benzene rings is 2. The van der Waals surface area contributed by atoms with Gasteiger partial charge in [0, 0.05) is 10.6 Å². The average molecular weight is 472 g/mol. The molecule has 0 radical (unpaired) electrons. The Balaban J connectivity index is 1.56. The van der Waals surface area contributed by atoms with E-state index < -0.39 is 0 Å². The van der Waals surface area contributed by atoms with Gasteiger partial charge in [-0.2, -0.15) is 0 Å². The first-order valence-electron chi connectivity index (χ1n) is 9.32. The molecule has 0 aliphatic rings. The van der Waals surface area contributed by atoms with Crippen molar-refractivity contribution in [3.63, 3.8) is 0 Å². The van der Waals surface area contributed by atoms with Crippen molar-refractivity contribution >= 4 is 56.7 Å². The van der Waals surface area contributed by atoms with Crippen molar-refractivity contribution in [1.29, 1.82) is 0 Å². The van der Waals surface area contributed by atoms with E-state index in [0.717, 1.165) is 16.1 Å². The normalized spacial score (nSPS) is 11.0. The molecule has 0 unspecified atom stereocenters. The lowest BCUT2D eigenvalue weighted by atomic mass is 10.2. The summed E-state index contributed by atoms with van der Waals surface area (Å²) < 4.78 is 15.4. The molecule has 0 atom stereocenters. The number of thiophene rings is 1. The highest BCUT2D eigenvalue weighted by Crippen LogP contribution is 2.23. The Morgan fingerprint density at radius 1 is 1.19 bits per heavy atom. The molecular weight excluding hydrogens is 453 g/mol. The van der Waals surface area contributed by atoms with Crippen LogP contribution in [0.15, 0.2) is 74.8 Å². The standard InChI is InChI=1S/C22H18FN3O2S3/c1-29-17-4-2-3-16(11-17)24-19(27)13-31-22-25-18-9-10-30-20(18)21(28)26(22)12-14-5-7-15(23)8-6-14/h2-11H,12-13H2,1H3,(H,24,27). The second kappa shape index (κ2) is 9.67. The van der Waals surface area contributed by atoms with Crippen LogP contribution in [0.4, 0.5) is 10.1 Å². The van der Waals surface area contributed by atoms with Crippen molar-refractivity contribution in [3.05, 3.63) is 81.7 Å². The van der Waals surface area contributed by atoms with Gasteiger partial charge in [0.25, 0.3) is 5.56 Å². The maximum atomic E-state index is 13.3. The summed E-state index contributed by atoms with van der Waals surface area (Å²) in [5.41, 5.74) is 1.95. The fourth-order valence-corrected chi connectivity index (χ4v) is 5.01. The number of nitrogens with zero attached hydrogens (tertiary/aromatic N) is 2. The van der Waals surface area contributed by atoms with Gasteiger partial charge < -0.3 is 5.32 Å². The summed E-state index contributed by atoms with van der Waals surface area (Å²) in [6.45, 7) is 0.250. The molecule has 31 heavy (non-hydrogen) atoms. The Bertz CT molecular complexity index is 1290. The topological polar surface area (TPSA) is 64.0 Å². The van der Waals surface area contributed by atoms with Gasteiger partial charge in [-0.3, -0.25) is 14.2 Å². The number of hydrogen-bond acceptors (Lipinski definition) is 6. The number of fused-ring (bicyclic) bond motifs is 1. The highest BCUT2D eigenvalue weighted by Gasteiger charge is 2.15. The molecule has 2 aromatic heterocycles. The van der Waals surface area contributed by atoms with Gasteiger partial charge in [-0.05, 0) is 53.6 Å². The number of anilines is 1. The number of aromatic nitrogens is 2. The van der Waals surface area contributed by atoms with E-state index in [2.05, 4.69) is 10.3 Å². The minimum Gasteiger partial charge on any atom is -0.325 e. The number of carbonyl (C=O) groups is 1. The Hall–Kier alpha value is -2.62. The number of rotatable bonds is 7. The molecule has 4 rings (SSSR count). The summed E-state index contributed by atoms with van der Waals surface area (Å²) in [5.74, 6) is -0.411. The molecule has 1 amide bonds. The molecule has 1 N–H and O–H groups in total. The second-order valence-electron chi connectivity index (χ2n) is 6.62. The predicted octanol–water partition coefficient (Wildman–Crippen LogP) is 5.10. The molecule has 0 spiro atoms. The van der Waals surface area contributed by atoms with Crippen molar-refractivity contribution in [3.8, 4) is 0 Å². The van der Waals surface area contributed by atoms with E-state index in [1.165, 1.54) is 35.2 Å². The predicted molar refractivity (Wildman–Crippen MR) is 127 cm³/mol. The van der Waals surface area contributed by atoms with E-state index in [1.54, 1.807) is 34.5 Å². The molecule has 5 nitrogen and oxygen atoms in total. The van der Waals surface area contributed by atoms with Crippen LogP contribution in [0.1, 0.15) is 5.56 Å². The van der Waals surface area contributed by atoms with Crippen LogP contribution in [0, 0.1) is 5.82 Å². The van der Waals surface area contributed by atoms with Gasteiger partial charge in [-0.25, -0.2) is 9.37 Å². The van der Waals surface area contributed by atoms with Gasteiger partial charge in [-0.15, -0.1) is 23.1 Å². The maximum absolute atomic E-state index is 13.3. The van der Waals surface area contributed by atoms with E-state index >= 15 is 0 Å². The lowest BCUT2D eigenvalue weighted by Gasteiger charge is -2.12. The van der Waals surface area contributed by atoms with Crippen molar-refractivity contribution in [2.75, 3.05) is 17.3 Å². The summed E-state index contributed by atoms with van der Waals surface area (Å²) in [4.78, 5) is 31.2. The first kappa shape index (κ1) is 21.6. The van der Waals surface area contributed by atoms with Crippen molar-refractivity contribution < 1.29 is 9.18 Å². The number of carbonyl (C=O) groups excluding carboxylic acids is 1. The van der Waals surface area contributed by atoms with E-state index in [9.17, 15) is 14.0 Å². The minimum absolute atomic E-state index is 0.106. The summed E-state index contributed by atoms with van der Waals surface area (Å²) in [7, 11) is 0. The molecule has 4 aromatic rings. The van der Waals surface area contributed by atoms with Gasteiger partial charge in [0.2, 0.25) is 5.91 Å². The summed E-state index contributed by atoms with van der Waals surface area (Å²) in [5, 5.41) is 5.15. The van der Waals surface area contributed by atoms with Gasteiger partial charge in [-0.1, -0.05) is 30.0 Å². The number of amides is 1. The van der Waals surface area contributed by atoms with Gasteiger partial charge in [0.1, 0.15) is 10.5 Å². The van der Waals surface area contributed by atoms with Crippen LogP contribution in [0.5, 0.6) is 0 Å². The Kier molecular flexibility index (Phi) is 6.74. The highest BCUT2D eigenvalue weighted by molar-refractivity contribution is 7.99. The van der Waals surface area contributed by atoms with Crippen LogP contribution in [0.3, 0.4) is 0 Å². The fraction of sp³-hybridized carbons (Fsp3) is 0.136. The maximum Gasteiger partial charge on any atom is 0.272 e. The number of thioether (sulfide) groups is 2. The average Bonchev–Trinajstić information content (AvgIpc) is 3.25. The van der Waals surface area contributed by atoms with E-state index in [0.29, 0.717) is 15.4 Å². The molecular formula is C22H18FN3O2S3. The molecule has 158 valence electrons. The van der Waals surface area contributed by atoms with Crippen LogP contribution < -0.4 is 10.9 Å². The largest absolute Gasteiger partial charge is 0.325 e. The number of halogens is 1. The fourth-order valence-electron chi connectivity index (χ4n) is 2.97. The SMILES string of the molecule is CSc1cccc(NC(=O)CSc2nc3ccsc3c(=O)n2Cc2ccc(F)cc2)c1. The quantitative estimate of drug-likeness (QED) is 0.300. The number of hydrogen-bond donors (Lipinski definition) is 1. The first-order chi connectivity index (χ1) is 15.0. The van der Waals surface area contributed by atoms with E-state index in [1.807, 2.05) is 35.9 Å². The van der Waals surface area contributed by atoms with Crippen LogP contribution in [-0.4, -0.2) is 27.5 Å². The Labute approximate surface area is 190 Å². The Morgan fingerprint density at radius 3 is 2.77 bits per heavy atom. The third kappa shape index (κ3) is 5.17. The molecule has 9 heteroatoms. The minimum atomic E-state index is -0.334. The molecule has 2 heterocycles. The molecule has 0 bridgehead atoms. The zero-order valence-corrected chi connectivity index (χ0v) is 19.0. The molecule has 0 aliphatic carbocycles. The summed E-state index contributed by atoms with van der Waals surface area (Å²) in [6.07, 6.45) is 1.98. The first-order valence-corrected chi connectivity index (χ1v) is 12.4. The van der Waals surface area contributed by atoms with Crippen molar-refractivity contribution in [2.24, 2.45) is 0 Å². The van der Waals surface area contributed by atoms with Crippen LogP contribution >= 0.6 is 34.9 Å². The van der Waals surface area contributed by atoms with Gasteiger partial charge >= 0.3 is 0 Å². The monoisotopic (exact) mass is 471 g/mol. The van der Waals surface area contributed by atoms with Crippen LogP contribution in [-0.2, 0) is 11.3 Å². The zero-order chi connectivity index (χ0) is 21.8. The third-order valence-electron chi connectivity index (χ3n) is 4.47. The van der Waals surface area contributed by atoms with Crippen molar-refractivity contribution in [2.45, 2.75) is 16.6 Å². The van der Waals surface area contributed by atoms with E-state index in [4.69, 9.17) is 0 Å². The molecule has 0 saturated carbocycles. The third-order valence-corrected chi connectivity index (χ3v) is 7.06. The van der Waals surface area contributed by atoms with Crippen LogP contribution in [0.25, 0.3) is 10.2 Å². The zero-order valence-electron chi connectivity index (χ0n) is 16.5. The second-order valence-corrected chi connectivity index (χ2v) is 9.35. The lowest BCUT2D eigenvalue weighted by Crippen LogP contribution is -2.24. The summed E-state index contributed by atoms with van der Waals surface area (Å²) in [6, 6.07) is 15.4. The van der Waals surface area contributed by atoms with Gasteiger partial charge in [0.15, 0.2) is 5.16 Å². The lowest BCUT2D eigenvalue weighted by molar-refractivity contribution is -0.113. The van der Waals surface area contributed by atoms with Gasteiger partial charge in [0.05, 0.1) is 17.8 Å². The molecule has 0 fully saturated rings. The molecule has 0 aliphatic heterocycles. The Morgan fingerprint density at radius 2 is 2.00 bits per heavy atom.